The van der Waals surface area contributed by atoms with E-state index in [1.165, 1.54) is 0 Å². The van der Waals surface area contributed by atoms with E-state index in [4.69, 9.17) is 0 Å². The van der Waals surface area contributed by atoms with Gasteiger partial charge in [0, 0.05) is 54.7 Å². The molecule has 0 spiro atoms. The van der Waals surface area contributed by atoms with Gasteiger partial charge in [0.15, 0.2) is 0 Å². The second-order valence-corrected chi connectivity index (χ2v) is 9.08. The Labute approximate surface area is 182 Å². The van der Waals surface area contributed by atoms with E-state index >= 15 is 0 Å². The van der Waals surface area contributed by atoms with Crippen molar-refractivity contribution in [1.29, 1.82) is 0 Å². The standard InChI is InChI=1S/C25H29N3O3/c1-25(2,3)27-15-13-26(14-16-27)17-21-22(24(30)31)19-11-7-8-12-20(19)23(29)28(21)18-9-5-4-6-10-18/h4-12H,13-17H2,1-3H3,(H,30,31). The van der Waals surface area contributed by atoms with Crippen LogP contribution in [-0.4, -0.2) is 57.2 Å². The summed E-state index contributed by atoms with van der Waals surface area (Å²) in [5.41, 5.74) is 1.34. The quantitative estimate of drug-likeness (QED) is 0.700. The number of hydrogen-bond donors (Lipinski definition) is 1. The van der Waals surface area contributed by atoms with Gasteiger partial charge in [0.1, 0.15) is 0 Å². The zero-order chi connectivity index (χ0) is 22.2. The molecule has 1 aromatic heterocycles. The van der Waals surface area contributed by atoms with Gasteiger partial charge in [-0.2, -0.15) is 0 Å². The Kier molecular flexibility index (Phi) is 5.69. The number of benzene rings is 2. The summed E-state index contributed by atoms with van der Waals surface area (Å²) in [5.74, 6) is -1.01. The monoisotopic (exact) mass is 419 g/mol. The molecular formula is C25H29N3O3. The molecule has 0 atom stereocenters. The molecule has 2 heterocycles. The predicted octanol–water partition coefficient (Wildman–Crippen LogP) is 3.61. The number of piperazine rings is 1. The molecule has 3 aromatic rings. The van der Waals surface area contributed by atoms with Gasteiger partial charge in [-0.1, -0.05) is 36.4 Å². The van der Waals surface area contributed by atoms with Crippen molar-refractivity contribution in [2.45, 2.75) is 32.9 Å². The van der Waals surface area contributed by atoms with Crippen molar-refractivity contribution in [3.05, 3.63) is 76.2 Å². The van der Waals surface area contributed by atoms with Gasteiger partial charge in [-0.3, -0.25) is 19.2 Å². The van der Waals surface area contributed by atoms with Gasteiger partial charge in [0.05, 0.1) is 11.3 Å². The second kappa shape index (κ2) is 8.29. The van der Waals surface area contributed by atoms with Crippen LogP contribution in [0.15, 0.2) is 59.4 Å². The summed E-state index contributed by atoms with van der Waals surface area (Å²) in [6, 6.07) is 16.3. The topological polar surface area (TPSA) is 65.8 Å². The summed E-state index contributed by atoms with van der Waals surface area (Å²) >= 11 is 0. The first-order valence-electron chi connectivity index (χ1n) is 10.7. The number of rotatable bonds is 4. The Morgan fingerprint density at radius 3 is 2.06 bits per heavy atom. The van der Waals surface area contributed by atoms with Gasteiger partial charge in [-0.15, -0.1) is 0 Å². The number of carboxylic acid groups (broad SMARTS) is 1. The Bertz CT molecular complexity index is 1150. The van der Waals surface area contributed by atoms with Crippen molar-refractivity contribution in [2.24, 2.45) is 0 Å². The van der Waals surface area contributed by atoms with Crippen molar-refractivity contribution in [3.63, 3.8) is 0 Å². The molecule has 1 saturated heterocycles. The lowest BCUT2D eigenvalue weighted by atomic mass is 10.0. The minimum absolute atomic E-state index is 0.105. The maximum atomic E-state index is 13.5. The summed E-state index contributed by atoms with van der Waals surface area (Å²) in [5, 5.41) is 11.1. The Balaban J connectivity index is 1.84. The van der Waals surface area contributed by atoms with Crippen molar-refractivity contribution < 1.29 is 9.90 Å². The molecule has 0 amide bonds. The maximum Gasteiger partial charge on any atom is 0.338 e. The number of fused-ring (bicyclic) bond motifs is 1. The van der Waals surface area contributed by atoms with Crippen LogP contribution < -0.4 is 5.56 Å². The molecule has 1 fully saturated rings. The molecule has 1 aliphatic rings. The summed E-state index contributed by atoms with van der Waals surface area (Å²) < 4.78 is 1.59. The molecule has 4 rings (SSSR count). The third kappa shape index (κ3) is 4.13. The number of carbonyl (C=O) groups is 1. The number of nitrogens with zero attached hydrogens (tertiary/aromatic N) is 3. The Morgan fingerprint density at radius 2 is 1.48 bits per heavy atom. The predicted molar refractivity (Wildman–Crippen MR) is 123 cm³/mol. The molecule has 0 radical (unpaired) electrons. The zero-order valence-corrected chi connectivity index (χ0v) is 18.3. The van der Waals surface area contributed by atoms with E-state index in [-0.39, 0.29) is 16.7 Å². The summed E-state index contributed by atoms with van der Waals surface area (Å²) in [6.45, 7) is 10.5. The highest BCUT2D eigenvalue weighted by Crippen LogP contribution is 2.25. The number of hydrogen-bond acceptors (Lipinski definition) is 4. The zero-order valence-electron chi connectivity index (χ0n) is 18.3. The fourth-order valence-electron chi connectivity index (χ4n) is 4.43. The number of aromatic carboxylic acids is 1. The van der Waals surface area contributed by atoms with E-state index in [1.807, 2.05) is 30.3 Å². The van der Waals surface area contributed by atoms with Gasteiger partial charge in [-0.25, -0.2) is 4.79 Å². The fraction of sp³-hybridized carbons (Fsp3) is 0.360. The number of pyridine rings is 1. The average molecular weight is 420 g/mol. The smallest absolute Gasteiger partial charge is 0.338 e. The van der Waals surface area contributed by atoms with Crippen molar-refractivity contribution in [2.75, 3.05) is 26.2 Å². The third-order valence-electron chi connectivity index (χ3n) is 6.11. The van der Waals surface area contributed by atoms with Crippen LogP contribution in [0.1, 0.15) is 36.8 Å². The van der Waals surface area contributed by atoms with Gasteiger partial charge in [0.2, 0.25) is 0 Å². The van der Waals surface area contributed by atoms with Crippen LogP contribution in [0.2, 0.25) is 0 Å². The van der Waals surface area contributed by atoms with E-state index in [0.717, 1.165) is 26.2 Å². The molecule has 0 aliphatic carbocycles. The molecule has 0 saturated carbocycles. The van der Waals surface area contributed by atoms with Gasteiger partial charge in [0.25, 0.3) is 5.56 Å². The van der Waals surface area contributed by atoms with Crippen LogP contribution in [-0.2, 0) is 6.54 Å². The largest absolute Gasteiger partial charge is 0.478 e. The second-order valence-electron chi connectivity index (χ2n) is 9.08. The minimum Gasteiger partial charge on any atom is -0.478 e. The van der Waals surface area contributed by atoms with Crippen LogP contribution >= 0.6 is 0 Å². The highest BCUT2D eigenvalue weighted by atomic mass is 16.4. The highest BCUT2D eigenvalue weighted by Gasteiger charge is 2.28. The molecule has 2 aromatic carbocycles. The molecule has 6 nitrogen and oxygen atoms in total. The van der Waals surface area contributed by atoms with Crippen LogP contribution in [0.25, 0.3) is 16.5 Å². The van der Waals surface area contributed by atoms with Gasteiger partial charge in [-0.05, 0) is 39.0 Å². The molecule has 6 heteroatoms. The highest BCUT2D eigenvalue weighted by molar-refractivity contribution is 6.04. The lowest BCUT2D eigenvalue weighted by Gasteiger charge is -2.42. The minimum atomic E-state index is -1.01. The number of para-hydroxylation sites is 1. The lowest BCUT2D eigenvalue weighted by molar-refractivity contribution is 0.0575. The van der Waals surface area contributed by atoms with Crippen LogP contribution in [0, 0.1) is 0 Å². The first kappa shape index (κ1) is 21.3. The third-order valence-corrected chi connectivity index (χ3v) is 6.11. The fourth-order valence-corrected chi connectivity index (χ4v) is 4.43. The van der Waals surface area contributed by atoms with Gasteiger partial charge < -0.3 is 5.11 Å². The molecule has 0 bridgehead atoms. The van der Waals surface area contributed by atoms with Crippen molar-refractivity contribution >= 4 is 16.7 Å². The van der Waals surface area contributed by atoms with E-state index in [9.17, 15) is 14.7 Å². The summed E-state index contributed by atoms with van der Waals surface area (Å²) in [7, 11) is 0. The van der Waals surface area contributed by atoms with E-state index in [2.05, 4.69) is 30.6 Å². The first-order valence-corrected chi connectivity index (χ1v) is 10.7. The molecular weight excluding hydrogens is 390 g/mol. The normalized spacial score (nSPS) is 16.0. The van der Waals surface area contributed by atoms with Crippen LogP contribution in [0.4, 0.5) is 0 Å². The van der Waals surface area contributed by atoms with E-state index in [0.29, 0.717) is 28.7 Å². The molecule has 1 N–H and O–H groups in total. The summed E-state index contributed by atoms with van der Waals surface area (Å²) in [4.78, 5) is 30.6. The number of carboxylic acids is 1. The van der Waals surface area contributed by atoms with Crippen LogP contribution in [0.3, 0.4) is 0 Å². The molecule has 162 valence electrons. The number of aromatic nitrogens is 1. The maximum absolute atomic E-state index is 13.5. The summed E-state index contributed by atoms with van der Waals surface area (Å²) in [6.07, 6.45) is 0. The van der Waals surface area contributed by atoms with E-state index in [1.54, 1.807) is 28.8 Å². The van der Waals surface area contributed by atoms with Crippen LogP contribution in [0.5, 0.6) is 0 Å². The Morgan fingerprint density at radius 1 is 0.903 bits per heavy atom. The van der Waals surface area contributed by atoms with Crippen molar-refractivity contribution in [1.82, 2.24) is 14.4 Å². The molecule has 0 unspecified atom stereocenters. The van der Waals surface area contributed by atoms with E-state index < -0.39 is 5.97 Å². The first-order chi connectivity index (χ1) is 14.8. The Hall–Kier alpha value is -2.96. The molecule has 1 aliphatic heterocycles. The van der Waals surface area contributed by atoms with Crippen molar-refractivity contribution in [3.8, 4) is 5.69 Å². The van der Waals surface area contributed by atoms with Gasteiger partial charge >= 0.3 is 5.97 Å². The SMILES string of the molecule is CC(C)(C)N1CCN(Cc2c(C(=O)O)c3ccccc3c(=O)n2-c2ccccc2)CC1. The average Bonchev–Trinajstić information content (AvgIpc) is 2.74. The lowest BCUT2D eigenvalue weighted by Crippen LogP contribution is -2.53. The molecule has 31 heavy (non-hydrogen) atoms.